The third kappa shape index (κ3) is 3.45. The SMILES string of the molecule is CCOC(=O)CC#Cc1c(N)ccc(F)c1F. The number of carbonyl (C=O) groups excluding carboxylic acids is 1. The van der Waals surface area contributed by atoms with E-state index < -0.39 is 17.6 Å². The molecule has 0 radical (unpaired) electrons. The Hall–Kier alpha value is -2.09. The molecule has 1 aromatic carbocycles. The minimum absolute atomic E-state index is 0.0280. The highest BCUT2D eigenvalue weighted by Gasteiger charge is 2.09. The van der Waals surface area contributed by atoms with Crippen LogP contribution in [0.15, 0.2) is 12.1 Å². The monoisotopic (exact) mass is 239 g/mol. The van der Waals surface area contributed by atoms with Gasteiger partial charge in [-0.05, 0) is 19.1 Å². The van der Waals surface area contributed by atoms with E-state index in [1.165, 1.54) is 6.07 Å². The Kier molecular flexibility index (Phi) is 4.46. The van der Waals surface area contributed by atoms with Crippen LogP contribution in [0.4, 0.5) is 14.5 Å². The van der Waals surface area contributed by atoms with Crippen molar-refractivity contribution in [1.29, 1.82) is 0 Å². The van der Waals surface area contributed by atoms with Crippen molar-refractivity contribution in [3.8, 4) is 11.8 Å². The molecule has 17 heavy (non-hydrogen) atoms. The highest BCUT2D eigenvalue weighted by molar-refractivity contribution is 5.73. The van der Waals surface area contributed by atoms with E-state index in [-0.39, 0.29) is 24.3 Å². The minimum atomic E-state index is -1.11. The van der Waals surface area contributed by atoms with Crippen LogP contribution >= 0.6 is 0 Å². The van der Waals surface area contributed by atoms with Crippen molar-refractivity contribution in [2.45, 2.75) is 13.3 Å². The fourth-order valence-corrected chi connectivity index (χ4v) is 1.11. The highest BCUT2D eigenvalue weighted by Crippen LogP contribution is 2.17. The van der Waals surface area contributed by atoms with Gasteiger partial charge in [0.15, 0.2) is 11.6 Å². The van der Waals surface area contributed by atoms with Gasteiger partial charge in [0, 0.05) is 0 Å². The lowest BCUT2D eigenvalue weighted by molar-refractivity contribution is -0.141. The van der Waals surface area contributed by atoms with E-state index in [1.807, 2.05) is 0 Å². The smallest absolute Gasteiger partial charge is 0.317 e. The van der Waals surface area contributed by atoms with Crippen LogP contribution in [0.2, 0.25) is 0 Å². The zero-order valence-corrected chi connectivity index (χ0v) is 9.22. The number of nitrogen functional groups attached to an aromatic ring is 1. The summed E-state index contributed by atoms with van der Waals surface area (Å²) in [5, 5.41) is 0. The number of halogens is 2. The molecule has 0 unspecified atom stereocenters. The maximum atomic E-state index is 13.3. The fraction of sp³-hybridized carbons (Fsp3) is 0.250. The molecule has 0 spiro atoms. The van der Waals surface area contributed by atoms with Gasteiger partial charge in [0.1, 0.15) is 6.42 Å². The Balaban J connectivity index is 2.85. The molecule has 0 fully saturated rings. The zero-order chi connectivity index (χ0) is 12.8. The lowest BCUT2D eigenvalue weighted by Gasteiger charge is -2.00. The molecule has 2 N–H and O–H groups in total. The van der Waals surface area contributed by atoms with Crippen LogP contribution in [-0.2, 0) is 9.53 Å². The van der Waals surface area contributed by atoms with Gasteiger partial charge in [-0.25, -0.2) is 8.78 Å². The van der Waals surface area contributed by atoms with Gasteiger partial charge in [-0.2, -0.15) is 0 Å². The van der Waals surface area contributed by atoms with Gasteiger partial charge in [-0.3, -0.25) is 4.79 Å². The third-order valence-corrected chi connectivity index (χ3v) is 1.88. The molecular weight excluding hydrogens is 228 g/mol. The summed E-state index contributed by atoms with van der Waals surface area (Å²) < 4.78 is 30.8. The highest BCUT2D eigenvalue weighted by atomic mass is 19.2. The number of hydrogen-bond acceptors (Lipinski definition) is 3. The van der Waals surface area contributed by atoms with Crippen LogP contribution in [-0.4, -0.2) is 12.6 Å². The summed E-state index contributed by atoms with van der Waals surface area (Å²) in [5.74, 6) is 2.05. The molecule has 0 aromatic heterocycles. The van der Waals surface area contributed by atoms with Crippen LogP contribution in [0.3, 0.4) is 0 Å². The predicted molar refractivity (Wildman–Crippen MR) is 58.9 cm³/mol. The quantitative estimate of drug-likeness (QED) is 0.487. The predicted octanol–water partition coefficient (Wildman–Crippen LogP) is 1.85. The molecule has 0 heterocycles. The van der Waals surface area contributed by atoms with Crippen LogP contribution in [0, 0.1) is 23.5 Å². The van der Waals surface area contributed by atoms with Gasteiger partial charge >= 0.3 is 5.97 Å². The number of esters is 1. The van der Waals surface area contributed by atoms with Gasteiger partial charge in [-0.1, -0.05) is 11.8 Å². The molecule has 0 aliphatic rings. The van der Waals surface area contributed by atoms with E-state index in [0.29, 0.717) is 0 Å². The van der Waals surface area contributed by atoms with Crippen molar-refractivity contribution in [3.63, 3.8) is 0 Å². The average molecular weight is 239 g/mol. The Bertz CT molecular complexity index is 489. The van der Waals surface area contributed by atoms with Crippen LogP contribution < -0.4 is 5.73 Å². The number of ether oxygens (including phenoxy) is 1. The molecule has 0 amide bonds. The summed E-state index contributed by atoms with van der Waals surface area (Å²) in [6.45, 7) is 1.91. The normalized spacial score (nSPS) is 9.35. The summed E-state index contributed by atoms with van der Waals surface area (Å²) in [7, 11) is 0. The van der Waals surface area contributed by atoms with E-state index in [0.717, 1.165) is 6.07 Å². The Labute approximate surface area is 97.6 Å². The second-order valence-corrected chi connectivity index (χ2v) is 3.11. The summed E-state index contributed by atoms with van der Waals surface area (Å²) in [6.07, 6.45) is -0.191. The molecule has 1 rings (SSSR count). The molecule has 3 nitrogen and oxygen atoms in total. The van der Waals surface area contributed by atoms with Crippen molar-refractivity contribution in [2.75, 3.05) is 12.3 Å². The van der Waals surface area contributed by atoms with Gasteiger partial charge in [0.2, 0.25) is 0 Å². The molecule has 5 heteroatoms. The zero-order valence-electron chi connectivity index (χ0n) is 9.22. The Morgan fingerprint density at radius 3 is 2.82 bits per heavy atom. The largest absolute Gasteiger partial charge is 0.465 e. The second-order valence-electron chi connectivity index (χ2n) is 3.11. The molecule has 0 saturated heterocycles. The van der Waals surface area contributed by atoms with Gasteiger partial charge < -0.3 is 10.5 Å². The van der Waals surface area contributed by atoms with Crippen LogP contribution in [0.5, 0.6) is 0 Å². The fourth-order valence-electron chi connectivity index (χ4n) is 1.11. The summed E-state index contributed by atoms with van der Waals surface area (Å²) in [6, 6.07) is 2.13. The maximum Gasteiger partial charge on any atom is 0.317 e. The lowest BCUT2D eigenvalue weighted by Crippen LogP contribution is -2.02. The first kappa shape index (κ1) is 13.0. The Morgan fingerprint density at radius 2 is 2.18 bits per heavy atom. The van der Waals surface area contributed by atoms with E-state index in [9.17, 15) is 13.6 Å². The van der Waals surface area contributed by atoms with Gasteiger partial charge in [0.25, 0.3) is 0 Å². The van der Waals surface area contributed by atoms with Crippen molar-refractivity contribution >= 4 is 11.7 Å². The second kappa shape index (κ2) is 5.85. The number of hydrogen-bond donors (Lipinski definition) is 1. The van der Waals surface area contributed by atoms with Crippen molar-refractivity contribution in [3.05, 3.63) is 29.3 Å². The molecule has 0 aliphatic heterocycles. The number of anilines is 1. The first-order chi connectivity index (χ1) is 8.06. The first-order valence-electron chi connectivity index (χ1n) is 4.94. The Morgan fingerprint density at radius 1 is 1.47 bits per heavy atom. The lowest BCUT2D eigenvalue weighted by atomic mass is 10.1. The van der Waals surface area contributed by atoms with Crippen LogP contribution in [0.25, 0.3) is 0 Å². The standard InChI is InChI=1S/C12H11F2NO2/c1-2-17-11(16)5-3-4-8-10(15)7-6-9(13)12(8)14/h6-7H,2,5,15H2,1H3. The summed E-state index contributed by atoms with van der Waals surface area (Å²) >= 11 is 0. The molecule has 0 aliphatic carbocycles. The van der Waals surface area contributed by atoms with Crippen LogP contribution in [0.1, 0.15) is 18.9 Å². The van der Waals surface area contributed by atoms with Crippen molar-refractivity contribution < 1.29 is 18.3 Å². The number of benzene rings is 1. The molecule has 0 atom stereocenters. The molecule has 0 bridgehead atoms. The van der Waals surface area contributed by atoms with Gasteiger partial charge in [0.05, 0.1) is 17.9 Å². The summed E-state index contributed by atoms with van der Waals surface area (Å²) in [4.78, 5) is 10.9. The van der Waals surface area contributed by atoms with Gasteiger partial charge in [-0.15, -0.1) is 0 Å². The average Bonchev–Trinajstić information content (AvgIpc) is 2.29. The minimum Gasteiger partial charge on any atom is -0.465 e. The van der Waals surface area contributed by atoms with Crippen molar-refractivity contribution in [2.24, 2.45) is 0 Å². The molecule has 1 aromatic rings. The number of nitrogens with two attached hydrogens (primary N) is 1. The maximum absolute atomic E-state index is 13.3. The molecular formula is C12H11F2NO2. The summed E-state index contributed by atoms with van der Waals surface area (Å²) in [5.41, 5.74) is 5.23. The third-order valence-electron chi connectivity index (χ3n) is 1.88. The molecule has 0 saturated carbocycles. The van der Waals surface area contributed by atoms with E-state index in [2.05, 4.69) is 16.6 Å². The first-order valence-corrected chi connectivity index (χ1v) is 4.94. The van der Waals surface area contributed by atoms with E-state index >= 15 is 0 Å². The van der Waals surface area contributed by atoms with E-state index in [4.69, 9.17) is 5.73 Å². The molecule has 90 valence electrons. The topological polar surface area (TPSA) is 52.3 Å². The van der Waals surface area contributed by atoms with E-state index in [1.54, 1.807) is 6.92 Å². The number of carbonyl (C=O) groups is 1. The van der Waals surface area contributed by atoms with Crippen molar-refractivity contribution in [1.82, 2.24) is 0 Å². The number of rotatable bonds is 2.